The third kappa shape index (κ3) is 4.14. The number of carbonyl (C=O) groups excluding carboxylic acids is 1. The normalized spacial score (nSPS) is 15.6. The molecule has 1 amide bonds. The molecule has 23 heavy (non-hydrogen) atoms. The zero-order valence-electron chi connectivity index (χ0n) is 13.5. The lowest BCUT2D eigenvalue weighted by atomic mass is 10.3. The minimum absolute atomic E-state index is 0.0713. The molecule has 1 atom stereocenters. The van der Waals surface area contributed by atoms with Crippen LogP contribution in [0.2, 0.25) is 0 Å². The summed E-state index contributed by atoms with van der Waals surface area (Å²) in [6, 6.07) is 4.70. The first-order chi connectivity index (χ1) is 11.2. The highest BCUT2D eigenvalue weighted by Crippen LogP contribution is 2.40. The van der Waals surface area contributed by atoms with E-state index >= 15 is 0 Å². The predicted molar refractivity (Wildman–Crippen MR) is 94.0 cm³/mol. The predicted octanol–water partition coefficient (Wildman–Crippen LogP) is 3.27. The van der Waals surface area contributed by atoms with Crippen molar-refractivity contribution in [3.63, 3.8) is 0 Å². The third-order valence-corrected chi connectivity index (χ3v) is 5.69. The van der Waals surface area contributed by atoms with Gasteiger partial charge in [-0.1, -0.05) is 24.8 Å². The summed E-state index contributed by atoms with van der Waals surface area (Å²) in [7, 11) is 0. The number of amides is 1. The number of nitrogens with zero attached hydrogens (tertiary/aromatic N) is 3. The molecule has 124 valence electrons. The van der Waals surface area contributed by atoms with E-state index in [-0.39, 0.29) is 11.2 Å². The smallest absolute Gasteiger partial charge is 0.233 e. The number of thioether (sulfide) groups is 1. The Morgan fingerprint density at radius 1 is 1.52 bits per heavy atom. The summed E-state index contributed by atoms with van der Waals surface area (Å²) in [4.78, 5) is 13.4. The molecule has 2 heterocycles. The summed E-state index contributed by atoms with van der Waals surface area (Å²) in [6.45, 7) is 4.71. The summed E-state index contributed by atoms with van der Waals surface area (Å²) < 4.78 is 2.24. The van der Waals surface area contributed by atoms with Gasteiger partial charge in [-0.25, -0.2) is 0 Å². The van der Waals surface area contributed by atoms with Gasteiger partial charge in [-0.15, -0.1) is 21.5 Å². The van der Waals surface area contributed by atoms with Crippen LogP contribution in [0.1, 0.15) is 49.9 Å². The van der Waals surface area contributed by atoms with Crippen LogP contribution in [0.25, 0.3) is 0 Å². The van der Waals surface area contributed by atoms with Gasteiger partial charge in [-0.2, -0.15) is 0 Å². The summed E-state index contributed by atoms with van der Waals surface area (Å²) >= 11 is 3.25. The zero-order valence-corrected chi connectivity index (χ0v) is 15.1. The first-order valence-corrected chi connectivity index (χ1v) is 9.85. The Bertz CT molecular complexity index is 649. The first-order valence-electron chi connectivity index (χ1n) is 8.09. The lowest BCUT2D eigenvalue weighted by Gasteiger charge is -2.12. The second-order valence-corrected chi connectivity index (χ2v) is 8.15. The molecule has 0 spiro atoms. The lowest BCUT2D eigenvalue weighted by molar-refractivity contribution is -0.120. The fraction of sp³-hybridized carbons (Fsp3) is 0.562. The molecule has 1 saturated carbocycles. The molecule has 1 aliphatic rings. The largest absolute Gasteiger partial charge is 0.355 e. The summed E-state index contributed by atoms with van der Waals surface area (Å²) in [5.74, 6) is 1.08. The Kier molecular flexibility index (Phi) is 5.38. The van der Waals surface area contributed by atoms with Crippen molar-refractivity contribution in [1.82, 2.24) is 20.1 Å². The maximum absolute atomic E-state index is 12.1. The Hall–Kier alpha value is -1.34. The standard InChI is InChI=1S/C16H22N4OS2/c1-3-8-17-15(21)11(2)23-16-19-18-14(20(16)12-6-7-12)10-13-5-4-9-22-13/h4-5,9,11-12H,3,6-8,10H2,1-2H3,(H,17,21)/t11-/m1/s1. The molecule has 0 bridgehead atoms. The molecular formula is C16H22N4OS2. The van der Waals surface area contributed by atoms with E-state index < -0.39 is 0 Å². The van der Waals surface area contributed by atoms with Gasteiger partial charge in [0.15, 0.2) is 5.16 Å². The number of rotatable bonds is 8. The minimum Gasteiger partial charge on any atom is -0.355 e. The summed E-state index contributed by atoms with van der Waals surface area (Å²) in [6.07, 6.45) is 4.13. The van der Waals surface area contributed by atoms with Gasteiger partial charge in [0, 0.05) is 23.9 Å². The maximum atomic E-state index is 12.1. The highest BCUT2D eigenvalue weighted by Gasteiger charge is 2.31. The quantitative estimate of drug-likeness (QED) is 0.742. The molecule has 0 aliphatic heterocycles. The fourth-order valence-corrected chi connectivity index (χ4v) is 4.04. The van der Waals surface area contributed by atoms with Crippen LogP contribution >= 0.6 is 23.1 Å². The molecule has 2 aromatic rings. The van der Waals surface area contributed by atoms with E-state index in [1.54, 1.807) is 11.3 Å². The van der Waals surface area contributed by atoms with Gasteiger partial charge in [0.05, 0.1) is 5.25 Å². The molecule has 0 saturated heterocycles. The van der Waals surface area contributed by atoms with E-state index in [1.807, 2.05) is 6.92 Å². The van der Waals surface area contributed by atoms with E-state index in [0.717, 1.165) is 30.4 Å². The number of carbonyl (C=O) groups is 1. The molecule has 1 fully saturated rings. The molecule has 3 rings (SSSR count). The highest BCUT2D eigenvalue weighted by atomic mass is 32.2. The molecule has 0 radical (unpaired) electrons. The van der Waals surface area contributed by atoms with Gasteiger partial charge >= 0.3 is 0 Å². The number of aromatic nitrogens is 3. The first kappa shape index (κ1) is 16.5. The van der Waals surface area contributed by atoms with Crippen LogP contribution in [-0.4, -0.2) is 32.5 Å². The van der Waals surface area contributed by atoms with Gasteiger partial charge in [0.2, 0.25) is 5.91 Å². The molecule has 1 aliphatic carbocycles. The average Bonchev–Trinajstić information content (AvgIpc) is 3.10. The molecule has 2 aromatic heterocycles. The van der Waals surface area contributed by atoms with Gasteiger partial charge < -0.3 is 9.88 Å². The van der Waals surface area contributed by atoms with E-state index in [1.165, 1.54) is 29.5 Å². The van der Waals surface area contributed by atoms with Crippen LogP contribution < -0.4 is 5.32 Å². The molecule has 7 heteroatoms. The minimum atomic E-state index is -0.155. The Balaban J connectivity index is 1.72. The number of hydrogen-bond donors (Lipinski definition) is 1. The van der Waals surface area contributed by atoms with Gasteiger partial charge in [0.1, 0.15) is 5.82 Å². The molecule has 0 unspecified atom stereocenters. The molecule has 1 N–H and O–H groups in total. The van der Waals surface area contributed by atoms with E-state index in [9.17, 15) is 4.79 Å². The van der Waals surface area contributed by atoms with E-state index in [2.05, 4.69) is 44.5 Å². The zero-order chi connectivity index (χ0) is 16.2. The van der Waals surface area contributed by atoms with Gasteiger partial charge in [0.25, 0.3) is 0 Å². The fourth-order valence-electron chi connectivity index (χ4n) is 2.38. The maximum Gasteiger partial charge on any atom is 0.233 e. The van der Waals surface area contributed by atoms with Crippen molar-refractivity contribution >= 4 is 29.0 Å². The summed E-state index contributed by atoms with van der Waals surface area (Å²) in [5, 5.41) is 14.5. The Morgan fingerprint density at radius 2 is 2.35 bits per heavy atom. The van der Waals surface area contributed by atoms with Crippen LogP contribution in [0.5, 0.6) is 0 Å². The van der Waals surface area contributed by atoms with Crippen molar-refractivity contribution in [3.8, 4) is 0 Å². The van der Waals surface area contributed by atoms with Crippen LogP contribution in [-0.2, 0) is 11.2 Å². The van der Waals surface area contributed by atoms with Gasteiger partial charge in [-0.3, -0.25) is 4.79 Å². The monoisotopic (exact) mass is 350 g/mol. The number of thiophene rings is 1. The SMILES string of the molecule is CCCNC(=O)[C@@H](C)Sc1nnc(Cc2cccs2)n1C1CC1. The van der Waals surface area contributed by atoms with Gasteiger partial charge in [-0.05, 0) is 37.6 Å². The van der Waals surface area contributed by atoms with Crippen molar-refractivity contribution < 1.29 is 4.79 Å². The molecule has 0 aromatic carbocycles. The second-order valence-electron chi connectivity index (χ2n) is 5.81. The number of hydrogen-bond acceptors (Lipinski definition) is 5. The van der Waals surface area contributed by atoms with Crippen molar-refractivity contribution in [2.75, 3.05) is 6.54 Å². The summed E-state index contributed by atoms with van der Waals surface area (Å²) in [5.41, 5.74) is 0. The van der Waals surface area contributed by atoms with E-state index in [4.69, 9.17) is 0 Å². The van der Waals surface area contributed by atoms with Crippen molar-refractivity contribution in [2.24, 2.45) is 0 Å². The second kappa shape index (κ2) is 7.49. The highest BCUT2D eigenvalue weighted by molar-refractivity contribution is 8.00. The Labute approximate surface area is 144 Å². The van der Waals surface area contributed by atoms with Crippen LogP contribution in [0.15, 0.2) is 22.7 Å². The van der Waals surface area contributed by atoms with Crippen LogP contribution in [0.3, 0.4) is 0 Å². The Morgan fingerprint density at radius 3 is 3.00 bits per heavy atom. The third-order valence-electron chi connectivity index (χ3n) is 3.76. The van der Waals surface area contributed by atoms with Crippen LogP contribution in [0.4, 0.5) is 0 Å². The molecular weight excluding hydrogens is 328 g/mol. The van der Waals surface area contributed by atoms with Crippen molar-refractivity contribution in [2.45, 2.75) is 56.0 Å². The lowest BCUT2D eigenvalue weighted by Crippen LogP contribution is -2.31. The number of nitrogens with one attached hydrogen (secondary N) is 1. The molecule has 5 nitrogen and oxygen atoms in total. The van der Waals surface area contributed by atoms with Crippen LogP contribution in [0, 0.1) is 0 Å². The van der Waals surface area contributed by atoms with Crippen molar-refractivity contribution in [1.29, 1.82) is 0 Å². The topological polar surface area (TPSA) is 59.8 Å². The van der Waals surface area contributed by atoms with E-state index in [0.29, 0.717) is 6.04 Å². The average molecular weight is 351 g/mol. The van der Waals surface area contributed by atoms with Crippen molar-refractivity contribution in [3.05, 3.63) is 28.2 Å².